The van der Waals surface area contributed by atoms with Crippen LogP contribution in [0.25, 0.3) is 0 Å². The van der Waals surface area contributed by atoms with Crippen molar-refractivity contribution in [2.45, 2.75) is 0 Å². The summed E-state index contributed by atoms with van der Waals surface area (Å²) in [6.45, 7) is 0. The molecule has 0 saturated heterocycles. The molecule has 0 aromatic heterocycles. The standard InChI is InChI=1S/C14H8FIO4/c15-12-7-10(5-6-11(12)13(17)18)20-14(19)8-1-3-9(16)4-2-8/h1-7H,(H,17,18)/p-1. The minimum Gasteiger partial charge on any atom is -0.545 e. The number of rotatable bonds is 3. The zero-order valence-corrected chi connectivity index (χ0v) is 12.1. The van der Waals surface area contributed by atoms with Crippen molar-refractivity contribution >= 4 is 34.5 Å². The molecular weight excluding hydrogens is 378 g/mol. The number of ether oxygens (including phenoxy) is 1. The lowest BCUT2D eigenvalue weighted by Gasteiger charge is -2.07. The maximum atomic E-state index is 13.4. The smallest absolute Gasteiger partial charge is 0.343 e. The average Bonchev–Trinajstić information content (AvgIpc) is 2.39. The third-order valence-corrected chi connectivity index (χ3v) is 3.17. The summed E-state index contributed by atoms with van der Waals surface area (Å²) in [5, 5.41) is 10.5. The van der Waals surface area contributed by atoms with E-state index in [-0.39, 0.29) is 5.75 Å². The van der Waals surface area contributed by atoms with Gasteiger partial charge in [0.05, 0.1) is 11.5 Å². The molecule has 4 nitrogen and oxygen atoms in total. The van der Waals surface area contributed by atoms with Crippen molar-refractivity contribution in [2.75, 3.05) is 0 Å². The van der Waals surface area contributed by atoms with E-state index in [9.17, 15) is 19.1 Å². The second-order valence-corrected chi connectivity index (χ2v) is 5.07. The Morgan fingerprint density at radius 2 is 1.75 bits per heavy atom. The van der Waals surface area contributed by atoms with Gasteiger partial charge in [-0.1, -0.05) is 0 Å². The minimum absolute atomic E-state index is 0.0731. The van der Waals surface area contributed by atoms with E-state index in [4.69, 9.17) is 4.74 Å². The SMILES string of the molecule is O=C(Oc1ccc(C(=O)[O-])c(F)c1)c1ccc(I)cc1. The number of benzene rings is 2. The molecule has 0 fully saturated rings. The van der Waals surface area contributed by atoms with Crippen molar-refractivity contribution in [1.82, 2.24) is 0 Å². The Bertz CT molecular complexity index is 667. The monoisotopic (exact) mass is 385 g/mol. The lowest BCUT2D eigenvalue weighted by atomic mass is 10.2. The van der Waals surface area contributed by atoms with Gasteiger partial charge in [0, 0.05) is 15.2 Å². The van der Waals surface area contributed by atoms with Crippen LogP contribution in [0.4, 0.5) is 4.39 Å². The van der Waals surface area contributed by atoms with Crippen LogP contribution in [0.3, 0.4) is 0 Å². The van der Waals surface area contributed by atoms with Crippen LogP contribution >= 0.6 is 22.6 Å². The van der Waals surface area contributed by atoms with E-state index < -0.39 is 23.3 Å². The molecule has 6 heteroatoms. The number of halogens is 2. The van der Waals surface area contributed by atoms with E-state index in [1.54, 1.807) is 24.3 Å². The Morgan fingerprint density at radius 1 is 1.10 bits per heavy atom. The maximum Gasteiger partial charge on any atom is 0.343 e. The number of carbonyl (C=O) groups is 2. The summed E-state index contributed by atoms with van der Waals surface area (Å²) in [5.41, 5.74) is -0.270. The minimum atomic E-state index is -1.63. The van der Waals surface area contributed by atoms with Crippen LogP contribution in [0.2, 0.25) is 0 Å². The number of aromatic carboxylic acids is 1. The zero-order chi connectivity index (χ0) is 14.7. The maximum absolute atomic E-state index is 13.4. The highest BCUT2D eigenvalue weighted by atomic mass is 127. The lowest BCUT2D eigenvalue weighted by molar-refractivity contribution is -0.255. The van der Waals surface area contributed by atoms with Crippen LogP contribution in [0.5, 0.6) is 5.75 Å². The first-order valence-electron chi connectivity index (χ1n) is 5.46. The molecule has 102 valence electrons. The summed E-state index contributed by atoms with van der Waals surface area (Å²) >= 11 is 2.09. The van der Waals surface area contributed by atoms with Crippen LogP contribution in [0.15, 0.2) is 42.5 Å². The molecule has 0 heterocycles. The second kappa shape index (κ2) is 6.00. The summed E-state index contributed by atoms with van der Waals surface area (Å²) < 4.78 is 19.3. The quantitative estimate of drug-likeness (QED) is 0.461. The number of hydrogen-bond acceptors (Lipinski definition) is 4. The van der Waals surface area contributed by atoms with Gasteiger partial charge in [0.1, 0.15) is 11.6 Å². The molecule has 2 aromatic rings. The lowest BCUT2D eigenvalue weighted by Crippen LogP contribution is -2.23. The van der Waals surface area contributed by atoms with E-state index in [1.807, 2.05) is 0 Å². The molecule has 20 heavy (non-hydrogen) atoms. The van der Waals surface area contributed by atoms with Gasteiger partial charge in [-0.25, -0.2) is 9.18 Å². The van der Waals surface area contributed by atoms with Crippen LogP contribution in [0.1, 0.15) is 20.7 Å². The average molecular weight is 385 g/mol. The molecular formula is C14H7FIO4-. The normalized spacial score (nSPS) is 10.1. The molecule has 0 radical (unpaired) electrons. The molecule has 0 unspecified atom stereocenters. The van der Waals surface area contributed by atoms with E-state index in [0.717, 1.165) is 15.7 Å². The third-order valence-electron chi connectivity index (χ3n) is 2.45. The van der Waals surface area contributed by atoms with Crippen LogP contribution in [-0.4, -0.2) is 11.9 Å². The van der Waals surface area contributed by atoms with Gasteiger partial charge in [0.2, 0.25) is 0 Å². The number of esters is 1. The molecule has 0 bridgehead atoms. The largest absolute Gasteiger partial charge is 0.545 e. The van der Waals surface area contributed by atoms with Gasteiger partial charge in [0.15, 0.2) is 0 Å². The molecule has 0 aliphatic heterocycles. The van der Waals surface area contributed by atoms with E-state index in [2.05, 4.69) is 22.6 Å². The molecule has 0 saturated carbocycles. The molecule has 2 rings (SSSR count). The fourth-order valence-corrected chi connectivity index (χ4v) is 1.84. The molecule has 0 aliphatic rings. The summed E-state index contributed by atoms with van der Waals surface area (Å²) in [5.74, 6) is -3.37. The Labute approximate surface area is 127 Å². The Hall–Kier alpha value is -1.96. The summed E-state index contributed by atoms with van der Waals surface area (Å²) in [6, 6.07) is 9.63. The van der Waals surface area contributed by atoms with Gasteiger partial charge < -0.3 is 14.6 Å². The highest BCUT2D eigenvalue weighted by molar-refractivity contribution is 14.1. The summed E-state index contributed by atoms with van der Waals surface area (Å²) in [7, 11) is 0. The molecule has 0 amide bonds. The Balaban J connectivity index is 2.18. The molecule has 2 aromatic carbocycles. The van der Waals surface area contributed by atoms with E-state index in [0.29, 0.717) is 5.56 Å². The van der Waals surface area contributed by atoms with E-state index in [1.165, 1.54) is 6.07 Å². The van der Waals surface area contributed by atoms with Gasteiger partial charge in [0.25, 0.3) is 0 Å². The topological polar surface area (TPSA) is 66.4 Å². The number of carbonyl (C=O) groups excluding carboxylic acids is 2. The highest BCUT2D eigenvalue weighted by Crippen LogP contribution is 2.18. The van der Waals surface area contributed by atoms with Crippen LogP contribution in [0, 0.1) is 9.39 Å². The molecule has 0 aliphatic carbocycles. The summed E-state index contributed by atoms with van der Waals surface area (Å²) in [6.07, 6.45) is 0. The van der Waals surface area contributed by atoms with Crippen molar-refractivity contribution in [1.29, 1.82) is 0 Å². The van der Waals surface area contributed by atoms with Crippen LogP contribution < -0.4 is 9.84 Å². The second-order valence-electron chi connectivity index (χ2n) is 3.83. The number of carboxylic acid groups (broad SMARTS) is 1. The fourth-order valence-electron chi connectivity index (χ4n) is 1.48. The fraction of sp³-hybridized carbons (Fsp3) is 0. The highest BCUT2D eigenvalue weighted by Gasteiger charge is 2.11. The van der Waals surface area contributed by atoms with Gasteiger partial charge in [-0.2, -0.15) is 0 Å². The molecule has 0 N–H and O–H groups in total. The first kappa shape index (κ1) is 14.4. The van der Waals surface area contributed by atoms with Crippen molar-refractivity contribution in [3.8, 4) is 5.75 Å². The van der Waals surface area contributed by atoms with Gasteiger partial charge >= 0.3 is 5.97 Å². The zero-order valence-electron chi connectivity index (χ0n) is 9.93. The Kier molecular flexibility index (Phi) is 4.33. The van der Waals surface area contributed by atoms with Gasteiger partial charge in [-0.15, -0.1) is 0 Å². The van der Waals surface area contributed by atoms with Crippen LogP contribution in [-0.2, 0) is 0 Å². The molecule has 0 spiro atoms. The first-order valence-corrected chi connectivity index (χ1v) is 6.54. The molecule has 0 atom stereocenters. The number of carboxylic acids is 1. The van der Waals surface area contributed by atoms with Crippen molar-refractivity contribution in [2.24, 2.45) is 0 Å². The van der Waals surface area contributed by atoms with Gasteiger partial charge in [-0.05, 0) is 59.0 Å². The van der Waals surface area contributed by atoms with Gasteiger partial charge in [-0.3, -0.25) is 0 Å². The van der Waals surface area contributed by atoms with Crippen molar-refractivity contribution < 1.29 is 23.8 Å². The van der Waals surface area contributed by atoms with Crippen molar-refractivity contribution in [3.05, 3.63) is 63.0 Å². The number of hydrogen-bond donors (Lipinski definition) is 0. The Morgan fingerprint density at radius 3 is 2.30 bits per heavy atom. The first-order chi connectivity index (χ1) is 9.47. The van der Waals surface area contributed by atoms with E-state index >= 15 is 0 Å². The third kappa shape index (κ3) is 3.32. The summed E-state index contributed by atoms with van der Waals surface area (Å²) in [4.78, 5) is 22.3. The predicted molar refractivity (Wildman–Crippen MR) is 74.8 cm³/mol. The van der Waals surface area contributed by atoms with Crippen molar-refractivity contribution in [3.63, 3.8) is 0 Å². The predicted octanol–water partition coefficient (Wildman–Crippen LogP) is 2.01.